The number of para-hydroxylation sites is 3. The number of thiazole rings is 1. The second kappa shape index (κ2) is 12.6. The standard InChI is InChI=1S/C53H33N3S/c1-2-12-34(13-3-1)35-22-26-39(27-23-35)55-48-19-9-6-16-42(48)44-31-36(24-28-50(44)55)37-25-29-51-45(32-37)43-17-7-10-20-49(43)56(51)40-30-38-14-4-5-15-41(38)46(33-40)53-54-47-18-8-11-21-52(47)57-53/h1-33H. The van der Waals surface area contributed by atoms with Gasteiger partial charge in [0.25, 0.3) is 0 Å². The van der Waals surface area contributed by atoms with Crippen LogP contribution in [-0.2, 0) is 0 Å². The number of rotatable bonds is 5. The lowest BCUT2D eigenvalue weighted by atomic mass is 10.0. The summed E-state index contributed by atoms with van der Waals surface area (Å²) in [5.74, 6) is 0. The van der Waals surface area contributed by atoms with E-state index in [1.165, 1.54) is 81.3 Å². The smallest absolute Gasteiger partial charge is 0.125 e. The average molecular weight is 744 g/mol. The van der Waals surface area contributed by atoms with Crippen molar-refractivity contribution in [3.8, 4) is 44.2 Å². The molecule has 0 amide bonds. The summed E-state index contributed by atoms with van der Waals surface area (Å²) in [6.45, 7) is 0. The highest BCUT2D eigenvalue weighted by Gasteiger charge is 2.18. The minimum absolute atomic E-state index is 1.04. The predicted molar refractivity (Wildman–Crippen MR) is 242 cm³/mol. The van der Waals surface area contributed by atoms with Gasteiger partial charge in [-0.05, 0) is 106 Å². The largest absolute Gasteiger partial charge is 0.309 e. The van der Waals surface area contributed by atoms with Crippen LogP contribution in [0.3, 0.4) is 0 Å². The molecule has 3 nitrogen and oxygen atoms in total. The van der Waals surface area contributed by atoms with Gasteiger partial charge in [-0.15, -0.1) is 11.3 Å². The molecule has 3 aromatic heterocycles. The molecule has 0 atom stereocenters. The van der Waals surface area contributed by atoms with Gasteiger partial charge in [-0.1, -0.05) is 127 Å². The van der Waals surface area contributed by atoms with Crippen LogP contribution in [-0.4, -0.2) is 14.1 Å². The zero-order valence-corrected chi connectivity index (χ0v) is 31.6. The summed E-state index contributed by atoms with van der Waals surface area (Å²) in [7, 11) is 0. The fraction of sp³-hybridized carbons (Fsp3) is 0. The first-order chi connectivity index (χ1) is 28.2. The maximum absolute atomic E-state index is 5.11. The Morgan fingerprint density at radius 1 is 0.351 bits per heavy atom. The van der Waals surface area contributed by atoms with Gasteiger partial charge in [0.1, 0.15) is 5.01 Å². The summed E-state index contributed by atoms with van der Waals surface area (Å²) < 4.78 is 6.02. The first-order valence-corrected chi connectivity index (χ1v) is 20.2. The van der Waals surface area contributed by atoms with Crippen LogP contribution >= 0.6 is 11.3 Å². The molecule has 0 bridgehead atoms. The minimum Gasteiger partial charge on any atom is -0.309 e. The van der Waals surface area contributed by atoms with E-state index in [0.29, 0.717) is 0 Å². The summed E-state index contributed by atoms with van der Waals surface area (Å²) in [4.78, 5) is 5.11. The molecule has 0 spiro atoms. The van der Waals surface area contributed by atoms with Crippen LogP contribution in [0, 0.1) is 0 Å². The molecule has 4 heteroatoms. The fourth-order valence-corrected chi connectivity index (χ4v) is 9.88. The first kappa shape index (κ1) is 32.0. The normalized spacial score (nSPS) is 11.9. The molecule has 57 heavy (non-hydrogen) atoms. The van der Waals surface area contributed by atoms with Gasteiger partial charge in [-0.2, -0.15) is 0 Å². The Kier molecular flexibility index (Phi) is 7.10. The fourth-order valence-electron chi connectivity index (χ4n) is 8.88. The molecular weight excluding hydrogens is 711 g/mol. The SMILES string of the molecule is c1ccc(-c2ccc(-n3c4ccccc4c4cc(-c5ccc6c(c5)c5ccccc5n6-c5cc(-c6nc7ccccc7s6)c6ccccc6c5)ccc43)cc2)cc1. The highest BCUT2D eigenvalue weighted by atomic mass is 32.1. The lowest BCUT2D eigenvalue weighted by Gasteiger charge is -2.13. The molecule has 266 valence electrons. The lowest BCUT2D eigenvalue weighted by Crippen LogP contribution is -1.95. The van der Waals surface area contributed by atoms with E-state index in [1.807, 2.05) is 0 Å². The zero-order chi connectivity index (χ0) is 37.5. The number of hydrogen-bond acceptors (Lipinski definition) is 2. The third kappa shape index (κ3) is 5.08. The summed E-state index contributed by atoms with van der Waals surface area (Å²) in [6.07, 6.45) is 0. The van der Waals surface area contributed by atoms with Crippen LogP contribution in [0.5, 0.6) is 0 Å². The van der Waals surface area contributed by atoms with Crippen molar-refractivity contribution in [1.82, 2.24) is 14.1 Å². The van der Waals surface area contributed by atoms with Gasteiger partial charge in [0.15, 0.2) is 0 Å². The molecule has 0 saturated carbocycles. The van der Waals surface area contributed by atoms with Crippen molar-refractivity contribution in [1.29, 1.82) is 0 Å². The Bertz CT molecular complexity index is 3480. The van der Waals surface area contributed by atoms with Gasteiger partial charge in [0.05, 0.1) is 32.3 Å². The van der Waals surface area contributed by atoms with Crippen molar-refractivity contribution in [2.75, 3.05) is 0 Å². The molecule has 0 N–H and O–H groups in total. The maximum atomic E-state index is 5.11. The highest BCUT2D eigenvalue weighted by molar-refractivity contribution is 7.21. The predicted octanol–water partition coefficient (Wildman–Crippen LogP) is 14.6. The molecule has 0 aliphatic heterocycles. The Hall–Kier alpha value is -7.27. The molecule has 9 aromatic carbocycles. The van der Waals surface area contributed by atoms with E-state index in [0.717, 1.165) is 27.5 Å². The second-order valence-corrected chi connectivity index (χ2v) is 15.8. The van der Waals surface area contributed by atoms with Crippen molar-refractivity contribution < 1.29 is 0 Å². The summed E-state index contributed by atoms with van der Waals surface area (Å²) >= 11 is 1.76. The van der Waals surface area contributed by atoms with E-state index in [2.05, 4.69) is 209 Å². The van der Waals surface area contributed by atoms with Crippen molar-refractivity contribution in [2.24, 2.45) is 0 Å². The van der Waals surface area contributed by atoms with Crippen molar-refractivity contribution in [3.05, 3.63) is 200 Å². The van der Waals surface area contributed by atoms with E-state index < -0.39 is 0 Å². The molecule has 0 unspecified atom stereocenters. The van der Waals surface area contributed by atoms with E-state index >= 15 is 0 Å². The molecule has 0 radical (unpaired) electrons. The van der Waals surface area contributed by atoms with Gasteiger partial charge < -0.3 is 9.13 Å². The van der Waals surface area contributed by atoms with Gasteiger partial charge >= 0.3 is 0 Å². The molecular formula is C53H33N3S. The molecule has 3 heterocycles. The molecule has 0 aliphatic carbocycles. The molecule has 12 rings (SSSR count). The van der Waals surface area contributed by atoms with Crippen LogP contribution in [0.4, 0.5) is 0 Å². The summed E-state index contributed by atoms with van der Waals surface area (Å²) in [6, 6.07) is 72.8. The van der Waals surface area contributed by atoms with E-state index in [9.17, 15) is 0 Å². The Balaban J connectivity index is 1.01. The van der Waals surface area contributed by atoms with E-state index in [1.54, 1.807) is 11.3 Å². The molecule has 0 saturated heterocycles. The minimum atomic E-state index is 1.04. The van der Waals surface area contributed by atoms with E-state index in [-0.39, 0.29) is 0 Å². The first-order valence-electron chi connectivity index (χ1n) is 19.4. The highest BCUT2D eigenvalue weighted by Crippen LogP contribution is 2.41. The van der Waals surface area contributed by atoms with Crippen molar-refractivity contribution in [2.45, 2.75) is 0 Å². The summed E-state index contributed by atoms with van der Waals surface area (Å²) in [5, 5.41) is 8.42. The molecule has 0 fully saturated rings. The Morgan fingerprint density at radius 2 is 0.877 bits per heavy atom. The van der Waals surface area contributed by atoms with Gasteiger partial charge in [0, 0.05) is 38.5 Å². The third-order valence-electron chi connectivity index (χ3n) is 11.5. The number of hydrogen-bond donors (Lipinski definition) is 0. The van der Waals surface area contributed by atoms with Crippen LogP contribution in [0.25, 0.3) is 109 Å². The lowest BCUT2D eigenvalue weighted by molar-refractivity contribution is 1.18. The molecule has 12 aromatic rings. The van der Waals surface area contributed by atoms with Crippen LogP contribution < -0.4 is 0 Å². The number of benzene rings is 9. The van der Waals surface area contributed by atoms with Gasteiger partial charge in [-0.3, -0.25) is 0 Å². The van der Waals surface area contributed by atoms with Gasteiger partial charge in [-0.25, -0.2) is 4.98 Å². The molecule has 0 aliphatic rings. The van der Waals surface area contributed by atoms with E-state index in [4.69, 9.17) is 4.98 Å². The topological polar surface area (TPSA) is 22.8 Å². The third-order valence-corrected chi connectivity index (χ3v) is 12.6. The monoisotopic (exact) mass is 743 g/mol. The van der Waals surface area contributed by atoms with Crippen molar-refractivity contribution in [3.63, 3.8) is 0 Å². The van der Waals surface area contributed by atoms with Crippen LogP contribution in [0.15, 0.2) is 200 Å². The Labute approximate surface area is 333 Å². The van der Waals surface area contributed by atoms with Crippen LogP contribution in [0.1, 0.15) is 0 Å². The van der Waals surface area contributed by atoms with Crippen LogP contribution in [0.2, 0.25) is 0 Å². The zero-order valence-electron chi connectivity index (χ0n) is 30.8. The number of fused-ring (bicyclic) bond motifs is 8. The maximum Gasteiger partial charge on any atom is 0.125 e. The van der Waals surface area contributed by atoms with Gasteiger partial charge in [0.2, 0.25) is 0 Å². The number of nitrogens with zero attached hydrogens (tertiary/aromatic N) is 3. The number of aromatic nitrogens is 3. The second-order valence-electron chi connectivity index (χ2n) is 14.8. The quantitative estimate of drug-likeness (QED) is 0.172. The summed E-state index contributed by atoms with van der Waals surface area (Å²) in [5.41, 5.74) is 14.1. The Morgan fingerprint density at radius 3 is 1.56 bits per heavy atom. The average Bonchev–Trinajstić information content (AvgIpc) is 3.96. The van der Waals surface area contributed by atoms with Crippen molar-refractivity contribution >= 4 is 75.9 Å².